The zero-order valence-electron chi connectivity index (χ0n) is 13.9. The van der Waals surface area contributed by atoms with Gasteiger partial charge in [0, 0.05) is 26.2 Å². The van der Waals surface area contributed by atoms with E-state index in [1.807, 2.05) is 49.6 Å². The first-order valence-corrected chi connectivity index (χ1v) is 7.93. The summed E-state index contributed by atoms with van der Waals surface area (Å²) in [6.45, 7) is 0.769. The molecule has 130 valence electrons. The largest absolute Gasteiger partial charge is 0.383 e. The number of aryl methyl sites for hydroxylation is 1. The van der Waals surface area contributed by atoms with E-state index in [9.17, 15) is 9.59 Å². The number of anilines is 2. The number of H-pyrrole nitrogens is 1. The van der Waals surface area contributed by atoms with Gasteiger partial charge >= 0.3 is 5.69 Å². The quantitative estimate of drug-likeness (QED) is 0.607. The third-order valence-electron chi connectivity index (χ3n) is 3.87. The number of aromatic nitrogens is 4. The van der Waals surface area contributed by atoms with Crippen LogP contribution in [0, 0.1) is 0 Å². The minimum Gasteiger partial charge on any atom is -0.383 e. The van der Waals surface area contributed by atoms with Crippen molar-refractivity contribution in [2.75, 3.05) is 17.6 Å². The second-order valence-corrected chi connectivity index (χ2v) is 5.75. The average molecular weight is 340 g/mol. The summed E-state index contributed by atoms with van der Waals surface area (Å²) >= 11 is 0. The van der Waals surface area contributed by atoms with Crippen LogP contribution in [0.2, 0.25) is 0 Å². The van der Waals surface area contributed by atoms with Gasteiger partial charge in [0.25, 0.3) is 5.56 Å². The van der Waals surface area contributed by atoms with Gasteiger partial charge in [0.05, 0.1) is 12.2 Å². The smallest absolute Gasteiger partial charge is 0.330 e. The fourth-order valence-electron chi connectivity index (χ4n) is 2.59. The van der Waals surface area contributed by atoms with Gasteiger partial charge in [-0.2, -0.15) is 5.10 Å². The zero-order valence-corrected chi connectivity index (χ0v) is 13.9. The monoisotopic (exact) mass is 340 g/mol. The third-order valence-corrected chi connectivity index (χ3v) is 3.87. The van der Waals surface area contributed by atoms with Crippen molar-refractivity contribution in [3.8, 4) is 0 Å². The lowest BCUT2D eigenvalue weighted by Crippen LogP contribution is -2.34. The molecular formula is C17H20N6O2. The SMILES string of the molecule is Cn1ccc(CCNc2c(N)n(Cc3ccccc3)c(=O)[nH]c2=O)n1. The van der Waals surface area contributed by atoms with Gasteiger partial charge in [-0.25, -0.2) is 4.79 Å². The van der Waals surface area contributed by atoms with Crippen LogP contribution >= 0.6 is 0 Å². The molecule has 0 fully saturated rings. The minimum absolute atomic E-state index is 0.124. The molecule has 8 nitrogen and oxygen atoms in total. The van der Waals surface area contributed by atoms with Crippen molar-refractivity contribution in [2.24, 2.45) is 7.05 Å². The fraction of sp³-hybridized carbons (Fsp3) is 0.235. The van der Waals surface area contributed by atoms with Crippen LogP contribution in [0.15, 0.2) is 52.2 Å². The van der Waals surface area contributed by atoms with Gasteiger partial charge in [0.15, 0.2) is 0 Å². The Morgan fingerprint density at radius 3 is 2.64 bits per heavy atom. The molecule has 1 aromatic carbocycles. The van der Waals surface area contributed by atoms with E-state index in [0.717, 1.165) is 11.3 Å². The van der Waals surface area contributed by atoms with Gasteiger partial charge in [-0.3, -0.25) is 19.0 Å². The molecule has 0 atom stereocenters. The molecule has 4 N–H and O–H groups in total. The first-order chi connectivity index (χ1) is 12.0. The predicted octanol–water partition coefficient (Wildman–Crippen LogP) is 0.555. The van der Waals surface area contributed by atoms with Crippen LogP contribution in [-0.4, -0.2) is 25.9 Å². The number of nitrogens with two attached hydrogens (primary N) is 1. The lowest BCUT2D eigenvalue weighted by atomic mass is 10.2. The van der Waals surface area contributed by atoms with E-state index in [1.54, 1.807) is 4.68 Å². The van der Waals surface area contributed by atoms with Crippen molar-refractivity contribution >= 4 is 11.5 Å². The molecule has 0 unspecified atom stereocenters. The molecule has 3 rings (SSSR count). The van der Waals surface area contributed by atoms with E-state index in [1.165, 1.54) is 4.57 Å². The van der Waals surface area contributed by atoms with Crippen molar-refractivity contribution in [2.45, 2.75) is 13.0 Å². The highest BCUT2D eigenvalue weighted by Gasteiger charge is 2.12. The van der Waals surface area contributed by atoms with E-state index in [2.05, 4.69) is 15.4 Å². The average Bonchev–Trinajstić information content (AvgIpc) is 3.01. The molecule has 8 heteroatoms. The summed E-state index contributed by atoms with van der Waals surface area (Å²) in [4.78, 5) is 26.5. The minimum atomic E-state index is -0.526. The van der Waals surface area contributed by atoms with Crippen LogP contribution < -0.4 is 22.3 Å². The van der Waals surface area contributed by atoms with Gasteiger partial charge in [-0.05, 0) is 11.6 Å². The number of hydrogen-bond acceptors (Lipinski definition) is 5. The summed E-state index contributed by atoms with van der Waals surface area (Å²) in [5.74, 6) is 0.124. The number of nitrogens with zero attached hydrogens (tertiary/aromatic N) is 3. The lowest BCUT2D eigenvalue weighted by molar-refractivity contribution is 0.730. The summed E-state index contributed by atoms with van der Waals surface area (Å²) in [5.41, 5.74) is 7.06. The molecule has 0 bridgehead atoms. The van der Waals surface area contributed by atoms with Crippen molar-refractivity contribution < 1.29 is 0 Å². The molecule has 2 heterocycles. The summed E-state index contributed by atoms with van der Waals surface area (Å²) in [5, 5.41) is 7.29. The van der Waals surface area contributed by atoms with E-state index in [-0.39, 0.29) is 18.1 Å². The topological polar surface area (TPSA) is 111 Å². The van der Waals surface area contributed by atoms with Gasteiger partial charge < -0.3 is 11.1 Å². The Balaban J connectivity index is 1.80. The standard InChI is InChI=1S/C17H20N6O2/c1-22-10-8-13(21-22)7-9-19-14-15(18)23(17(25)20-16(14)24)11-12-5-3-2-4-6-12/h2-6,8,10,19H,7,9,11,18H2,1H3,(H,20,24,25). The first kappa shape index (κ1) is 16.6. The van der Waals surface area contributed by atoms with Crippen LogP contribution in [0.5, 0.6) is 0 Å². The Kier molecular flexibility index (Phi) is 4.69. The van der Waals surface area contributed by atoms with E-state index < -0.39 is 11.2 Å². The third kappa shape index (κ3) is 3.79. The Morgan fingerprint density at radius 1 is 1.20 bits per heavy atom. The number of hydrogen-bond donors (Lipinski definition) is 3. The second-order valence-electron chi connectivity index (χ2n) is 5.75. The highest BCUT2D eigenvalue weighted by molar-refractivity contribution is 5.60. The normalized spacial score (nSPS) is 10.8. The molecule has 0 saturated heterocycles. The molecule has 0 amide bonds. The van der Waals surface area contributed by atoms with Crippen LogP contribution in [-0.2, 0) is 20.0 Å². The first-order valence-electron chi connectivity index (χ1n) is 7.93. The number of nitrogens with one attached hydrogen (secondary N) is 2. The van der Waals surface area contributed by atoms with Gasteiger partial charge in [0.2, 0.25) is 0 Å². The second kappa shape index (κ2) is 7.08. The molecule has 0 saturated carbocycles. The maximum atomic E-state index is 12.1. The molecule has 3 aromatic rings. The van der Waals surface area contributed by atoms with Crippen LogP contribution in [0.3, 0.4) is 0 Å². The Bertz CT molecular complexity index is 971. The molecule has 0 radical (unpaired) electrons. The molecule has 25 heavy (non-hydrogen) atoms. The van der Waals surface area contributed by atoms with Gasteiger partial charge in [0.1, 0.15) is 11.5 Å². The van der Waals surface area contributed by atoms with Crippen LogP contribution in [0.25, 0.3) is 0 Å². The van der Waals surface area contributed by atoms with E-state index in [0.29, 0.717) is 13.0 Å². The molecule has 2 aromatic heterocycles. The van der Waals surface area contributed by atoms with Crippen molar-refractivity contribution in [1.29, 1.82) is 0 Å². The summed E-state index contributed by atoms with van der Waals surface area (Å²) in [7, 11) is 1.85. The maximum absolute atomic E-state index is 12.1. The highest BCUT2D eigenvalue weighted by atomic mass is 16.2. The number of aromatic amines is 1. The molecule has 0 aliphatic heterocycles. The Labute approximate surface area is 143 Å². The van der Waals surface area contributed by atoms with E-state index in [4.69, 9.17) is 5.73 Å². The molecule has 0 aliphatic carbocycles. The number of rotatable bonds is 6. The van der Waals surface area contributed by atoms with Gasteiger partial charge in [-0.1, -0.05) is 30.3 Å². The Morgan fingerprint density at radius 2 is 1.96 bits per heavy atom. The number of nitrogen functional groups attached to an aromatic ring is 1. The molecular weight excluding hydrogens is 320 g/mol. The number of benzene rings is 1. The maximum Gasteiger partial charge on any atom is 0.330 e. The highest BCUT2D eigenvalue weighted by Crippen LogP contribution is 2.12. The fourth-order valence-corrected chi connectivity index (χ4v) is 2.59. The zero-order chi connectivity index (χ0) is 17.8. The predicted molar refractivity (Wildman–Crippen MR) is 96.7 cm³/mol. The van der Waals surface area contributed by atoms with Gasteiger partial charge in [-0.15, -0.1) is 0 Å². The summed E-state index contributed by atoms with van der Waals surface area (Å²) < 4.78 is 3.07. The Hall–Kier alpha value is -3.29. The molecule has 0 aliphatic rings. The molecule has 0 spiro atoms. The summed E-state index contributed by atoms with van der Waals surface area (Å²) in [6, 6.07) is 11.4. The van der Waals surface area contributed by atoms with Crippen molar-refractivity contribution in [3.05, 3.63) is 74.7 Å². The lowest BCUT2D eigenvalue weighted by Gasteiger charge is -2.13. The van der Waals surface area contributed by atoms with Crippen molar-refractivity contribution in [3.63, 3.8) is 0 Å². The van der Waals surface area contributed by atoms with Crippen molar-refractivity contribution in [1.82, 2.24) is 19.3 Å². The van der Waals surface area contributed by atoms with E-state index >= 15 is 0 Å². The van der Waals surface area contributed by atoms with Crippen LogP contribution in [0.4, 0.5) is 11.5 Å². The van der Waals surface area contributed by atoms with Crippen LogP contribution in [0.1, 0.15) is 11.3 Å². The summed E-state index contributed by atoms with van der Waals surface area (Å²) in [6.07, 6.45) is 2.49.